The summed E-state index contributed by atoms with van der Waals surface area (Å²) in [5.74, 6) is 0.179. The first kappa shape index (κ1) is 20.2. The van der Waals surface area contributed by atoms with Crippen LogP contribution in [0.2, 0.25) is 5.02 Å². The van der Waals surface area contributed by atoms with E-state index in [4.69, 9.17) is 11.6 Å². The van der Waals surface area contributed by atoms with Gasteiger partial charge in [0, 0.05) is 24.9 Å². The van der Waals surface area contributed by atoms with Gasteiger partial charge < -0.3 is 16.0 Å². The van der Waals surface area contributed by atoms with Gasteiger partial charge in [0.2, 0.25) is 0 Å². The van der Waals surface area contributed by atoms with Crippen LogP contribution in [0, 0.1) is 0 Å². The molecule has 2 aromatic carbocycles. The van der Waals surface area contributed by atoms with Gasteiger partial charge in [-0.05, 0) is 30.3 Å². The molecule has 4 rings (SSSR count). The van der Waals surface area contributed by atoms with Gasteiger partial charge in [-0.25, -0.2) is 9.48 Å². The topological polar surface area (TPSA) is 106 Å². The number of hydrogen-bond acceptors (Lipinski definition) is 4. The summed E-state index contributed by atoms with van der Waals surface area (Å²) in [6.07, 6.45) is 4.89. The summed E-state index contributed by atoms with van der Waals surface area (Å²) in [5, 5.41) is 16.9. The van der Waals surface area contributed by atoms with Crippen LogP contribution in [-0.4, -0.2) is 31.5 Å². The first-order chi connectivity index (χ1) is 15.0. The van der Waals surface area contributed by atoms with Crippen LogP contribution in [0.5, 0.6) is 0 Å². The molecule has 2 aromatic heterocycles. The van der Waals surface area contributed by atoms with Crippen molar-refractivity contribution in [2.45, 2.75) is 0 Å². The molecule has 4 aromatic rings. The quantitative estimate of drug-likeness (QED) is 0.437. The third kappa shape index (κ3) is 4.90. The number of benzene rings is 2. The van der Waals surface area contributed by atoms with Gasteiger partial charge in [0.15, 0.2) is 5.82 Å². The molecule has 0 saturated carbocycles. The van der Waals surface area contributed by atoms with Gasteiger partial charge in [-0.1, -0.05) is 29.8 Å². The fraction of sp³-hybridized carbons (Fsp3) is 0.0476. The van der Waals surface area contributed by atoms with Crippen LogP contribution in [0.25, 0.3) is 5.69 Å². The minimum Gasteiger partial charge on any atom is -0.306 e. The Balaban J connectivity index is 1.44. The highest BCUT2D eigenvalue weighted by atomic mass is 35.5. The predicted molar refractivity (Wildman–Crippen MR) is 119 cm³/mol. The summed E-state index contributed by atoms with van der Waals surface area (Å²) >= 11 is 6.05. The molecule has 156 valence electrons. The minimum atomic E-state index is -0.448. The van der Waals surface area contributed by atoms with E-state index in [1.807, 2.05) is 0 Å². The summed E-state index contributed by atoms with van der Waals surface area (Å²) in [6, 6.07) is 15.1. The molecule has 0 atom stereocenters. The molecular formula is C21H18ClN7O2. The van der Waals surface area contributed by atoms with E-state index < -0.39 is 6.03 Å². The lowest BCUT2D eigenvalue weighted by atomic mass is 10.2. The average molecular weight is 436 g/mol. The number of rotatable bonds is 5. The van der Waals surface area contributed by atoms with Gasteiger partial charge in [0.25, 0.3) is 5.91 Å². The maximum atomic E-state index is 12.5. The highest BCUT2D eigenvalue weighted by Gasteiger charge is 2.11. The highest BCUT2D eigenvalue weighted by Crippen LogP contribution is 2.21. The van der Waals surface area contributed by atoms with Crippen molar-refractivity contribution in [1.82, 2.24) is 19.6 Å². The Morgan fingerprint density at radius 1 is 1.00 bits per heavy atom. The molecular weight excluding hydrogens is 418 g/mol. The Labute approximate surface area is 182 Å². The average Bonchev–Trinajstić information content (AvgIpc) is 3.38. The van der Waals surface area contributed by atoms with Crippen LogP contribution in [0.3, 0.4) is 0 Å². The molecule has 0 unspecified atom stereocenters. The van der Waals surface area contributed by atoms with E-state index in [-0.39, 0.29) is 5.91 Å². The lowest BCUT2D eigenvalue weighted by Gasteiger charge is -2.07. The molecule has 0 saturated heterocycles. The Kier molecular flexibility index (Phi) is 5.67. The number of nitrogens with zero attached hydrogens (tertiary/aromatic N) is 4. The maximum Gasteiger partial charge on any atom is 0.323 e. The number of nitrogens with one attached hydrogen (secondary N) is 3. The first-order valence-corrected chi connectivity index (χ1v) is 9.64. The van der Waals surface area contributed by atoms with Crippen LogP contribution in [0.15, 0.2) is 73.2 Å². The number of aryl methyl sites for hydroxylation is 1. The lowest BCUT2D eigenvalue weighted by molar-refractivity contribution is 0.102. The third-order valence-electron chi connectivity index (χ3n) is 4.29. The lowest BCUT2D eigenvalue weighted by Crippen LogP contribution is -2.19. The second kappa shape index (κ2) is 8.72. The van der Waals surface area contributed by atoms with E-state index in [9.17, 15) is 9.59 Å². The van der Waals surface area contributed by atoms with Crippen molar-refractivity contribution in [1.29, 1.82) is 0 Å². The van der Waals surface area contributed by atoms with Gasteiger partial charge in [0.1, 0.15) is 0 Å². The van der Waals surface area contributed by atoms with Crippen LogP contribution in [0.4, 0.5) is 22.0 Å². The second-order valence-electron chi connectivity index (χ2n) is 6.61. The van der Waals surface area contributed by atoms with Gasteiger partial charge in [-0.3, -0.25) is 9.48 Å². The second-order valence-corrected chi connectivity index (χ2v) is 7.02. The van der Waals surface area contributed by atoms with Crippen molar-refractivity contribution in [3.63, 3.8) is 0 Å². The molecule has 0 radical (unpaired) electrons. The van der Waals surface area contributed by atoms with Crippen LogP contribution in [-0.2, 0) is 7.05 Å². The molecule has 3 amide bonds. The van der Waals surface area contributed by atoms with E-state index in [1.54, 1.807) is 83.4 Å². The molecule has 0 aliphatic carbocycles. The Bertz CT molecular complexity index is 1250. The largest absolute Gasteiger partial charge is 0.323 e. The van der Waals surface area contributed by atoms with Crippen molar-refractivity contribution in [2.24, 2.45) is 7.05 Å². The van der Waals surface area contributed by atoms with Gasteiger partial charge in [0.05, 0.1) is 34.5 Å². The molecule has 2 heterocycles. The fourth-order valence-corrected chi connectivity index (χ4v) is 3.02. The first-order valence-electron chi connectivity index (χ1n) is 9.26. The molecule has 0 spiro atoms. The zero-order chi connectivity index (χ0) is 21.8. The maximum absolute atomic E-state index is 12.5. The summed E-state index contributed by atoms with van der Waals surface area (Å²) < 4.78 is 3.16. The number of carbonyl (C=O) groups excluding carboxylic acids is 2. The van der Waals surface area contributed by atoms with E-state index in [2.05, 4.69) is 26.1 Å². The highest BCUT2D eigenvalue weighted by molar-refractivity contribution is 6.33. The van der Waals surface area contributed by atoms with Crippen molar-refractivity contribution < 1.29 is 9.59 Å². The summed E-state index contributed by atoms with van der Waals surface area (Å²) in [6.45, 7) is 0. The zero-order valence-corrected chi connectivity index (χ0v) is 17.2. The number of halogens is 1. The number of aromatic nitrogens is 4. The van der Waals surface area contributed by atoms with E-state index in [1.165, 1.54) is 6.20 Å². The van der Waals surface area contributed by atoms with Crippen molar-refractivity contribution >= 4 is 40.7 Å². The molecule has 9 nitrogen and oxygen atoms in total. The molecule has 0 aliphatic rings. The Hall–Kier alpha value is -4.11. The van der Waals surface area contributed by atoms with Gasteiger partial charge >= 0.3 is 6.03 Å². The van der Waals surface area contributed by atoms with Crippen LogP contribution >= 0.6 is 11.6 Å². The normalized spacial score (nSPS) is 10.5. The zero-order valence-electron chi connectivity index (χ0n) is 16.4. The summed E-state index contributed by atoms with van der Waals surface area (Å²) in [7, 11) is 1.77. The molecule has 0 aliphatic heterocycles. The number of anilines is 3. The van der Waals surface area contributed by atoms with E-state index in [0.717, 1.165) is 0 Å². The number of hydrogen-bond donors (Lipinski definition) is 3. The predicted octanol–water partition coefficient (Wildman–Crippen LogP) is 4.16. The monoisotopic (exact) mass is 435 g/mol. The van der Waals surface area contributed by atoms with E-state index in [0.29, 0.717) is 33.5 Å². The molecule has 0 fully saturated rings. The Morgan fingerprint density at radius 2 is 1.84 bits per heavy atom. The van der Waals surface area contributed by atoms with Crippen LogP contribution < -0.4 is 16.0 Å². The molecule has 3 N–H and O–H groups in total. The number of para-hydroxylation sites is 1. The fourth-order valence-electron chi connectivity index (χ4n) is 2.84. The SMILES string of the molecule is Cn1ccc(NC(=O)c2cccc(-n3cc(NC(=O)Nc4ccccc4Cl)cn3)c2)n1. The number of amides is 3. The summed E-state index contributed by atoms with van der Waals surface area (Å²) in [4.78, 5) is 24.7. The van der Waals surface area contributed by atoms with Crippen LogP contribution in [0.1, 0.15) is 10.4 Å². The third-order valence-corrected chi connectivity index (χ3v) is 4.62. The Morgan fingerprint density at radius 3 is 2.61 bits per heavy atom. The van der Waals surface area contributed by atoms with Gasteiger partial charge in [-0.2, -0.15) is 10.2 Å². The van der Waals surface area contributed by atoms with E-state index >= 15 is 0 Å². The molecule has 31 heavy (non-hydrogen) atoms. The molecule has 10 heteroatoms. The standard InChI is InChI=1S/C21H18ClN7O2/c1-28-10-9-19(27-28)26-20(30)14-5-4-6-16(11-14)29-13-15(12-23-29)24-21(31)25-18-8-3-2-7-17(18)22/h2-13H,1H3,(H2,24,25,31)(H,26,27,30). The molecule has 0 bridgehead atoms. The minimum absolute atomic E-state index is 0.287. The summed E-state index contributed by atoms with van der Waals surface area (Å²) in [5.41, 5.74) is 2.09. The van der Waals surface area contributed by atoms with Crippen molar-refractivity contribution in [3.05, 3.63) is 83.8 Å². The van der Waals surface area contributed by atoms with Crippen molar-refractivity contribution in [3.8, 4) is 5.69 Å². The van der Waals surface area contributed by atoms with Crippen molar-refractivity contribution in [2.75, 3.05) is 16.0 Å². The van der Waals surface area contributed by atoms with Gasteiger partial charge in [-0.15, -0.1) is 0 Å². The number of urea groups is 1. The smallest absolute Gasteiger partial charge is 0.306 e. The number of carbonyl (C=O) groups is 2.